The first-order valence-corrected chi connectivity index (χ1v) is 10.4. The molecule has 1 atom stereocenters. The van der Waals surface area contributed by atoms with E-state index in [-0.39, 0.29) is 29.2 Å². The third-order valence-electron chi connectivity index (χ3n) is 5.34. The fourth-order valence-corrected chi connectivity index (χ4v) is 3.80. The highest BCUT2D eigenvalue weighted by Crippen LogP contribution is 2.40. The summed E-state index contributed by atoms with van der Waals surface area (Å²) in [5, 5.41) is 24.2. The third kappa shape index (κ3) is 5.15. The zero-order chi connectivity index (χ0) is 24.8. The van der Waals surface area contributed by atoms with Crippen molar-refractivity contribution >= 4 is 23.7 Å². The van der Waals surface area contributed by atoms with Gasteiger partial charge in [0.1, 0.15) is 12.4 Å². The number of para-hydroxylation sites is 1. The van der Waals surface area contributed by atoms with Crippen LogP contribution in [-0.2, 0) is 19.1 Å². The molecular formula is C25H24N2O7. The van der Waals surface area contributed by atoms with Gasteiger partial charge in [-0.15, -0.1) is 0 Å². The second-order valence-electron chi connectivity index (χ2n) is 7.54. The van der Waals surface area contributed by atoms with Crippen molar-refractivity contribution < 1.29 is 29.1 Å². The monoisotopic (exact) mass is 464 g/mol. The molecule has 1 unspecified atom stereocenters. The van der Waals surface area contributed by atoms with Crippen LogP contribution in [0.2, 0.25) is 0 Å². The lowest BCUT2D eigenvalue weighted by molar-refractivity contribution is -0.384. The summed E-state index contributed by atoms with van der Waals surface area (Å²) in [5.41, 5.74) is 2.00. The van der Waals surface area contributed by atoms with Crippen LogP contribution in [-0.4, -0.2) is 35.7 Å². The molecule has 0 amide bonds. The van der Waals surface area contributed by atoms with Crippen LogP contribution in [0.25, 0.3) is 6.08 Å². The van der Waals surface area contributed by atoms with Crippen molar-refractivity contribution in [2.24, 2.45) is 0 Å². The molecule has 2 aromatic carbocycles. The van der Waals surface area contributed by atoms with Gasteiger partial charge in [-0.05, 0) is 31.6 Å². The van der Waals surface area contributed by atoms with Gasteiger partial charge in [-0.1, -0.05) is 36.4 Å². The number of hydrogen-bond acceptors (Lipinski definition) is 8. The molecule has 0 saturated heterocycles. The van der Waals surface area contributed by atoms with Crippen molar-refractivity contribution in [2.45, 2.75) is 19.8 Å². The second kappa shape index (κ2) is 10.5. The number of benzene rings is 2. The summed E-state index contributed by atoms with van der Waals surface area (Å²) in [7, 11) is 1.22. The largest absolute Gasteiger partial charge is 0.507 e. The maximum absolute atomic E-state index is 13.1. The number of ether oxygens (including phenoxy) is 2. The van der Waals surface area contributed by atoms with Crippen LogP contribution >= 0.6 is 0 Å². The molecule has 2 N–H and O–H groups in total. The van der Waals surface area contributed by atoms with E-state index in [0.29, 0.717) is 22.5 Å². The van der Waals surface area contributed by atoms with Crippen molar-refractivity contribution in [3.8, 4) is 5.75 Å². The fourth-order valence-electron chi connectivity index (χ4n) is 3.80. The van der Waals surface area contributed by atoms with E-state index in [4.69, 9.17) is 9.47 Å². The van der Waals surface area contributed by atoms with Gasteiger partial charge in [0.05, 0.1) is 29.1 Å². The third-order valence-corrected chi connectivity index (χ3v) is 5.34. The SMILES string of the molecule is COC(=O)C1=C(C)NC(C)=C(C(=O)OC/C=C/c2ccccc2O)C1c1cccc([N+](=O)[O-])c1. The van der Waals surface area contributed by atoms with Crippen LogP contribution in [0, 0.1) is 10.1 Å². The van der Waals surface area contributed by atoms with Crippen LogP contribution in [0.1, 0.15) is 30.9 Å². The van der Waals surface area contributed by atoms with E-state index in [1.54, 1.807) is 56.3 Å². The van der Waals surface area contributed by atoms with E-state index >= 15 is 0 Å². The smallest absolute Gasteiger partial charge is 0.337 e. The predicted molar refractivity (Wildman–Crippen MR) is 124 cm³/mol. The average Bonchev–Trinajstić information content (AvgIpc) is 2.81. The summed E-state index contributed by atoms with van der Waals surface area (Å²) in [4.78, 5) is 36.6. The van der Waals surface area contributed by atoms with E-state index in [9.17, 15) is 24.8 Å². The number of nitrogens with one attached hydrogen (secondary N) is 1. The van der Waals surface area contributed by atoms with E-state index in [1.165, 1.54) is 25.3 Å². The highest BCUT2D eigenvalue weighted by atomic mass is 16.6. The Morgan fingerprint density at radius 1 is 1.09 bits per heavy atom. The first kappa shape index (κ1) is 24.2. The minimum Gasteiger partial charge on any atom is -0.507 e. The number of dihydropyridines is 1. The van der Waals surface area contributed by atoms with E-state index in [0.717, 1.165) is 0 Å². The van der Waals surface area contributed by atoms with Crippen LogP contribution in [0.5, 0.6) is 5.75 Å². The number of phenols is 1. The number of aromatic hydroxyl groups is 1. The number of nitrogens with zero attached hydrogens (tertiary/aromatic N) is 1. The predicted octanol–water partition coefficient (Wildman–Crippen LogP) is 3.96. The molecule has 0 spiro atoms. The quantitative estimate of drug-likeness (QED) is 0.358. The molecular weight excluding hydrogens is 440 g/mol. The lowest BCUT2D eigenvalue weighted by atomic mass is 9.80. The Kier molecular flexibility index (Phi) is 7.47. The number of esters is 2. The van der Waals surface area contributed by atoms with Crippen LogP contribution in [0.15, 0.2) is 77.1 Å². The molecule has 9 nitrogen and oxygen atoms in total. The summed E-state index contributed by atoms with van der Waals surface area (Å²) in [6.45, 7) is 3.23. The summed E-state index contributed by atoms with van der Waals surface area (Å²) in [6, 6.07) is 12.5. The number of nitro groups is 1. The minimum absolute atomic E-state index is 0.0918. The van der Waals surface area contributed by atoms with E-state index in [2.05, 4.69) is 5.32 Å². The Morgan fingerprint density at radius 2 is 1.76 bits per heavy atom. The fraction of sp³-hybridized carbons (Fsp3) is 0.200. The van der Waals surface area contributed by atoms with Gasteiger partial charge >= 0.3 is 11.9 Å². The maximum Gasteiger partial charge on any atom is 0.337 e. The molecule has 2 aromatic rings. The van der Waals surface area contributed by atoms with Gasteiger partial charge in [0.15, 0.2) is 0 Å². The van der Waals surface area contributed by atoms with Gasteiger partial charge < -0.3 is 19.9 Å². The van der Waals surface area contributed by atoms with Crippen LogP contribution < -0.4 is 5.32 Å². The van der Waals surface area contributed by atoms with Crippen LogP contribution in [0.4, 0.5) is 5.69 Å². The molecule has 9 heteroatoms. The molecule has 0 bridgehead atoms. The summed E-state index contributed by atoms with van der Waals surface area (Å²) in [6.07, 6.45) is 3.19. The van der Waals surface area contributed by atoms with Gasteiger partial charge in [-0.2, -0.15) is 0 Å². The Balaban J connectivity index is 1.94. The second-order valence-corrected chi connectivity index (χ2v) is 7.54. The van der Waals surface area contributed by atoms with Gasteiger partial charge in [0, 0.05) is 29.1 Å². The molecule has 1 aliphatic rings. The number of rotatable bonds is 7. The molecule has 1 aliphatic heterocycles. The Morgan fingerprint density at radius 3 is 2.41 bits per heavy atom. The van der Waals surface area contributed by atoms with Crippen molar-refractivity contribution in [3.63, 3.8) is 0 Å². The molecule has 0 fully saturated rings. The summed E-state index contributed by atoms with van der Waals surface area (Å²) in [5.74, 6) is -2.20. The number of hydrogen-bond donors (Lipinski definition) is 2. The van der Waals surface area contributed by atoms with Gasteiger partial charge in [-0.25, -0.2) is 9.59 Å². The molecule has 0 aliphatic carbocycles. The van der Waals surface area contributed by atoms with Gasteiger partial charge in [0.2, 0.25) is 0 Å². The Bertz CT molecular complexity index is 1230. The Labute approximate surface area is 196 Å². The molecule has 34 heavy (non-hydrogen) atoms. The number of carbonyl (C=O) groups excluding carboxylic acids is 2. The van der Waals surface area contributed by atoms with E-state index < -0.39 is 22.8 Å². The standard InChI is InChI=1S/C25H24N2O7/c1-15-21(24(29)33-3)23(18-9-6-11-19(14-18)27(31)32)22(16(2)26-15)25(30)34-13-7-10-17-8-4-5-12-20(17)28/h4-12,14,23,26,28H,13H2,1-3H3/b10-7+. The zero-order valence-electron chi connectivity index (χ0n) is 18.9. The number of non-ortho nitro benzene ring substituents is 1. The molecule has 0 aromatic heterocycles. The van der Waals surface area contributed by atoms with Crippen molar-refractivity contribution in [2.75, 3.05) is 13.7 Å². The number of methoxy groups -OCH3 is 1. The molecule has 3 rings (SSSR count). The lowest BCUT2D eigenvalue weighted by Crippen LogP contribution is -2.32. The van der Waals surface area contributed by atoms with Crippen molar-refractivity contribution in [1.29, 1.82) is 0 Å². The topological polar surface area (TPSA) is 128 Å². The molecule has 0 radical (unpaired) electrons. The average molecular weight is 464 g/mol. The maximum atomic E-state index is 13.1. The normalized spacial score (nSPS) is 15.8. The number of nitro benzene ring substituents is 1. The number of carbonyl (C=O) groups is 2. The first-order chi connectivity index (χ1) is 16.2. The number of phenolic OH excluding ortho intramolecular Hbond substituents is 1. The zero-order valence-corrected chi connectivity index (χ0v) is 18.9. The lowest BCUT2D eigenvalue weighted by Gasteiger charge is -2.30. The first-order valence-electron chi connectivity index (χ1n) is 10.4. The number of allylic oxidation sites excluding steroid dienone is 2. The van der Waals surface area contributed by atoms with Crippen molar-refractivity contribution in [1.82, 2.24) is 5.32 Å². The minimum atomic E-state index is -0.928. The Hall–Kier alpha value is -4.40. The molecule has 0 saturated carbocycles. The van der Waals surface area contributed by atoms with Crippen molar-refractivity contribution in [3.05, 3.63) is 98.4 Å². The highest BCUT2D eigenvalue weighted by Gasteiger charge is 2.38. The van der Waals surface area contributed by atoms with Gasteiger partial charge in [0.25, 0.3) is 5.69 Å². The summed E-state index contributed by atoms with van der Waals surface area (Å²) < 4.78 is 10.4. The van der Waals surface area contributed by atoms with E-state index in [1.807, 2.05) is 0 Å². The van der Waals surface area contributed by atoms with Gasteiger partial charge in [-0.3, -0.25) is 10.1 Å². The molecule has 1 heterocycles. The highest BCUT2D eigenvalue weighted by molar-refractivity contribution is 6.00. The molecule has 176 valence electrons. The summed E-state index contributed by atoms with van der Waals surface area (Å²) >= 11 is 0. The van der Waals surface area contributed by atoms with Crippen LogP contribution in [0.3, 0.4) is 0 Å².